The quantitative estimate of drug-likeness (QED) is 0.768. The molecule has 0 radical (unpaired) electrons. The van der Waals surface area contributed by atoms with Gasteiger partial charge in [0, 0.05) is 11.0 Å². The molecule has 5 heteroatoms. The topological polar surface area (TPSA) is 30.5 Å². The maximum Gasteiger partial charge on any atom is 0.166 e. The van der Waals surface area contributed by atoms with Gasteiger partial charge in [-0.3, -0.25) is 0 Å². The lowest BCUT2D eigenvalue weighted by molar-refractivity contribution is 0.211. The van der Waals surface area contributed by atoms with Crippen molar-refractivity contribution >= 4 is 15.9 Å². The summed E-state index contributed by atoms with van der Waals surface area (Å²) < 4.78 is 25.2. The third-order valence-electron chi connectivity index (χ3n) is 2.78. The predicted octanol–water partition coefficient (Wildman–Crippen LogP) is 3.77. The van der Waals surface area contributed by atoms with Gasteiger partial charge in [0.2, 0.25) is 0 Å². The van der Waals surface area contributed by atoms with Crippen LogP contribution in [0.4, 0.5) is 4.39 Å². The second kappa shape index (κ2) is 8.00. The van der Waals surface area contributed by atoms with Crippen LogP contribution >= 0.6 is 15.9 Å². The first-order chi connectivity index (χ1) is 10.2. The van der Waals surface area contributed by atoms with Gasteiger partial charge in [-0.05, 0) is 42.9 Å². The van der Waals surface area contributed by atoms with Crippen molar-refractivity contribution in [3.63, 3.8) is 0 Å². The molecule has 3 nitrogen and oxygen atoms in total. The van der Waals surface area contributed by atoms with E-state index in [1.54, 1.807) is 12.1 Å². The first-order valence-electron chi connectivity index (χ1n) is 6.63. The van der Waals surface area contributed by atoms with Gasteiger partial charge >= 0.3 is 0 Å². The molecular formula is C16H17BrFNO2. The van der Waals surface area contributed by atoms with Gasteiger partial charge in [-0.2, -0.15) is 0 Å². The van der Waals surface area contributed by atoms with Gasteiger partial charge in [-0.15, -0.1) is 0 Å². The lowest BCUT2D eigenvalue weighted by Crippen LogP contribution is -2.10. The van der Waals surface area contributed by atoms with Crippen molar-refractivity contribution in [1.29, 1.82) is 0 Å². The van der Waals surface area contributed by atoms with Gasteiger partial charge in [-0.1, -0.05) is 28.1 Å². The number of ether oxygens (including phenoxy) is 2. The van der Waals surface area contributed by atoms with Gasteiger partial charge < -0.3 is 14.8 Å². The standard InChI is InChI=1S/C16H17BrFNO2/c1-19-11-12-3-2-4-14(9-12)20-7-8-21-16-6-5-13(17)10-15(16)18/h2-6,9-10,19H,7-8,11H2,1H3. The Labute approximate surface area is 132 Å². The maximum atomic E-state index is 13.5. The minimum absolute atomic E-state index is 0.228. The average Bonchev–Trinajstić information content (AvgIpc) is 2.46. The molecule has 0 bridgehead atoms. The summed E-state index contributed by atoms with van der Waals surface area (Å²) in [5.41, 5.74) is 1.15. The van der Waals surface area contributed by atoms with E-state index in [1.165, 1.54) is 6.07 Å². The zero-order valence-corrected chi connectivity index (χ0v) is 13.3. The number of hydrogen-bond donors (Lipinski definition) is 1. The fourth-order valence-corrected chi connectivity index (χ4v) is 2.19. The van der Waals surface area contributed by atoms with Crippen molar-refractivity contribution in [2.24, 2.45) is 0 Å². The van der Waals surface area contributed by atoms with Crippen LogP contribution in [0.2, 0.25) is 0 Å². The summed E-state index contributed by atoms with van der Waals surface area (Å²) in [4.78, 5) is 0. The molecule has 1 N–H and O–H groups in total. The molecule has 21 heavy (non-hydrogen) atoms. The first kappa shape index (κ1) is 15.8. The first-order valence-corrected chi connectivity index (χ1v) is 7.42. The molecule has 112 valence electrons. The summed E-state index contributed by atoms with van der Waals surface area (Å²) in [6.07, 6.45) is 0. The normalized spacial score (nSPS) is 10.4. The van der Waals surface area contributed by atoms with Gasteiger partial charge in [0.05, 0.1) is 0 Å². The van der Waals surface area contributed by atoms with Crippen molar-refractivity contribution < 1.29 is 13.9 Å². The minimum Gasteiger partial charge on any atom is -0.490 e. The third kappa shape index (κ3) is 5.02. The fourth-order valence-electron chi connectivity index (χ4n) is 1.85. The zero-order valence-electron chi connectivity index (χ0n) is 11.7. The molecule has 0 spiro atoms. The maximum absolute atomic E-state index is 13.5. The van der Waals surface area contributed by atoms with Crippen LogP contribution in [0.3, 0.4) is 0 Å². The van der Waals surface area contributed by atoms with E-state index >= 15 is 0 Å². The van der Waals surface area contributed by atoms with Gasteiger partial charge in [0.25, 0.3) is 0 Å². The van der Waals surface area contributed by atoms with Crippen LogP contribution in [-0.4, -0.2) is 20.3 Å². The summed E-state index contributed by atoms with van der Waals surface area (Å²) >= 11 is 3.20. The van der Waals surface area contributed by atoms with E-state index in [2.05, 4.69) is 21.2 Å². The van der Waals surface area contributed by atoms with E-state index < -0.39 is 0 Å². The summed E-state index contributed by atoms with van der Waals surface area (Å²) in [5, 5.41) is 3.08. The number of rotatable bonds is 7. The molecule has 0 aliphatic rings. The molecule has 0 heterocycles. The largest absolute Gasteiger partial charge is 0.490 e. The van der Waals surface area contributed by atoms with Crippen LogP contribution in [0.5, 0.6) is 11.5 Å². The highest BCUT2D eigenvalue weighted by molar-refractivity contribution is 9.10. The summed E-state index contributed by atoms with van der Waals surface area (Å²) in [5.74, 6) is 0.619. The molecule has 0 amide bonds. The van der Waals surface area contributed by atoms with Gasteiger partial charge in [0.15, 0.2) is 11.6 Å². The van der Waals surface area contributed by atoms with Crippen molar-refractivity contribution in [3.05, 3.63) is 58.3 Å². The summed E-state index contributed by atoms with van der Waals surface area (Å²) in [7, 11) is 1.90. The molecule has 0 unspecified atom stereocenters. The predicted molar refractivity (Wildman–Crippen MR) is 84.3 cm³/mol. The molecule has 2 aromatic carbocycles. The Hall–Kier alpha value is -1.59. The number of nitrogens with one attached hydrogen (secondary N) is 1. The van der Waals surface area contributed by atoms with Crippen molar-refractivity contribution in [2.45, 2.75) is 6.54 Å². The minimum atomic E-state index is -0.389. The highest BCUT2D eigenvalue weighted by atomic mass is 79.9. The molecule has 0 saturated heterocycles. The summed E-state index contributed by atoms with van der Waals surface area (Å²) in [6, 6.07) is 12.5. The van der Waals surface area contributed by atoms with Crippen molar-refractivity contribution in [2.75, 3.05) is 20.3 Å². The van der Waals surface area contributed by atoms with E-state index in [9.17, 15) is 4.39 Å². The number of halogens is 2. The zero-order chi connectivity index (χ0) is 15.1. The molecule has 0 aliphatic heterocycles. The monoisotopic (exact) mass is 353 g/mol. The van der Waals surface area contributed by atoms with E-state index in [0.29, 0.717) is 11.1 Å². The highest BCUT2D eigenvalue weighted by Gasteiger charge is 2.04. The Bertz CT molecular complexity index is 592. The Morgan fingerprint density at radius 2 is 1.90 bits per heavy atom. The molecular weight excluding hydrogens is 337 g/mol. The number of hydrogen-bond acceptors (Lipinski definition) is 3. The second-order valence-electron chi connectivity index (χ2n) is 4.45. The summed E-state index contributed by atoms with van der Waals surface area (Å²) in [6.45, 7) is 1.44. The smallest absolute Gasteiger partial charge is 0.166 e. The Kier molecular flexibility index (Phi) is 6.02. The van der Waals surface area contributed by atoms with E-state index in [0.717, 1.165) is 17.9 Å². The number of benzene rings is 2. The van der Waals surface area contributed by atoms with Crippen molar-refractivity contribution in [1.82, 2.24) is 5.32 Å². The Morgan fingerprint density at radius 1 is 1.10 bits per heavy atom. The van der Waals surface area contributed by atoms with Gasteiger partial charge in [0.1, 0.15) is 19.0 Å². The van der Waals surface area contributed by atoms with Crippen LogP contribution < -0.4 is 14.8 Å². The average molecular weight is 354 g/mol. The fraction of sp³-hybridized carbons (Fsp3) is 0.250. The Balaban J connectivity index is 1.80. The molecule has 2 aromatic rings. The molecule has 0 aliphatic carbocycles. The van der Waals surface area contributed by atoms with Crippen molar-refractivity contribution in [3.8, 4) is 11.5 Å². The van der Waals surface area contributed by atoms with E-state index in [-0.39, 0.29) is 18.2 Å². The van der Waals surface area contributed by atoms with Crippen LogP contribution in [-0.2, 0) is 6.54 Å². The van der Waals surface area contributed by atoms with Crippen LogP contribution in [0.15, 0.2) is 46.9 Å². The lowest BCUT2D eigenvalue weighted by atomic mass is 10.2. The lowest BCUT2D eigenvalue weighted by Gasteiger charge is -2.10. The molecule has 2 rings (SSSR count). The molecule has 0 fully saturated rings. The third-order valence-corrected chi connectivity index (χ3v) is 3.28. The molecule has 0 saturated carbocycles. The Morgan fingerprint density at radius 3 is 2.67 bits per heavy atom. The van der Waals surface area contributed by atoms with Crippen LogP contribution in [0.25, 0.3) is 0 Å². The molecule has 0 aromatic heterocycles. The van der Waals surface area contributed by atoms with Gasteiger partial charge in [-0.25, -0.2) is 4.39 Å². The van der Waals surface area contributed by atoms with Crippen LogP contribution in [0, 0.1) is 5.82 Å². The van der Waals surface area contributed by atoms with Crippen LogP contribution in [0.1, 0.15) is 5.56 Å². The second-order valence-corrected chi connectivity index (χ2v) is 5.37. The van der Waals surface area contributed by atoms with E-state index in [4.69, 9.17) is 9.47 Å². The van der Waals surface area contributed by atoms with E-state index in [1.807, 2.05) is 31.3 Å². The molecule has 0 atom stereocenters. The SMILES string of the molecule is CNCc1cccc(OCCOc2ccc(Br)cc2F)c1. The highest BCUT2D eigenvalue weighted by Crippen LogP contribution is 2.21.